The quantitative estimate of drug-likeness (QED) is 0.852. The molecule has 2 rings (SSSR count). The summed E-state index contributed by atoms with van der Waals surface area (Å²) in [5, 5.41) is 3.41. The van der Waals surface area contributed by atoms with Gasteiger partial charge in [-0.2, -0.15) is 4.98 Å². The van der Waals surface area contributed by atoms with Gasteiger partial charge in [-0.05, 0) is 31.6 Å². The van der Waals surface area contributed by atoms with Gasteiger partial charge in [0, 0.05) is 18.8 Å². The molecule has 3 N–H and O–H groups in total. The van der Waals surface area contributed by atoms with Gasteiger partial charge in [-0.3, -0.25) is 0 Å². The summed E-state index contributed by atoms with van der Waals surface area (Å²) in [5.41, 5.74) is 5.90. The van der Waals surface area contributed by atoms with Gasteiger partial charge in [0.05, 0.1) is 12.6 Å². The second-order valence-electron chi connectivity index (χ2n) is 5.21. The van der Waals surface area contributed by atoms with Gasteiger partial charge in [0.15, 0.2) is 0 Å². The maximum atomic E-state index is 5.95. The predicted molar refractivity (Wildman–Crippen MR) is 71.6 cm³/mol. The standard InChI is InChI=1S/C13H22N4O/c1-10-3-6-13(9-14,7-4-10)17-12-15-8-5-11(16-12)18-2/h5,8,10H,3-4,6-7,9,14H2,1-2H3,(H,15,16,17). The third kappa shape index (κ3) is 2.90. The van der Waals surface area contributed by atoms with Gasteiger partial charge in [-0.15, -0.1) is 0 Å². The molecule has 0 unspecified atom stereocenters. The highest BCUT2D eigenvalue weighted by Crippen LogP contribution is 2.33. The fourth-order valence-corrected chi connectivity index (χ4v) is 2.45. The number of methoxy groups -OCH3 is 1. The molecule has 5 heteroatoms. The van der Waals surface area contributed by atoms with Crippen molar-refractivity contribution in [2.45, 2.75) is 38.1 Å². The van der Waals surface area contributed by atoms with E-state index in [1.54, 1.807) is 19.4 Å². The molecule has 1 saturated carbocycles. The van der Waals surface area contributed by atoms with Crippen LogP contribution in [0.3, 0.4) is 0 Å². The molecule has 0 atom stereocenters. The molecular formula is C13H22N4O. The highest BCUT2D eigenvalue weighted by atomic mass is 16.5. The molecule has 5 nitrogen and oxygen atoms in total. The molecule has 0 aliphatic heterocycles. The van der Waals surface area contributed by atoms with E-state index in [9.17, 15) is 0 Å². The summed E-state index contributed by atoms with van der Waals surface area (Å²) in [6.45, 7) is 2.91. The van der Waals surface area contributed by atoms with Crippen LogP contribution in [0.5, 0.6) is 5.88 Å². The number of nitrogens with zero attached hydrogens (tertiary/aromatic N) is 2. The van der Waals surface area contributed by atoms with Crippen molar-refractivity contribution in [1.29, 1.82) is 0 Å². The molecule has 1 heterocycles. The molecule has 0 bridgehead atoms. The van der Waals surface area contributed by atoms with Crippen molar-refractivity contribution < 1.29 is 4.74 Å². The van der Waals surface area contributed by atoms with Crippen molar-refractivity contribution in [1.82, 2.24) is 9.97 Å². The normalized spacial score (nSPS) is 27.8. The lowest BCUT2D eigenvalue weighted by molar-refractivity contribution is 0.270. The largest absolute Gasteiger partial charge is 0.481 e. The Bertz CT molecular complexity index is 388. The average Bonchev–Trinajstić information content (AvgIpc) is 2.42. The zero-order valence-corrected chi connectivity index (χ0v) is 11.1. The summed E-state index contributed by atoms with van der Waals surface area (Å²) >= 11 is 0. The van der Waals surface area contributed by atoms with Crippen molar-refractivity contribution in [2.24, 2.45) is 11.7 Å². The molecule has 1 aromatic rings. The van der Waals surface area contributed by atoms with Crippen LogP contribution in [0.2, 0.25) is 0 Å². The fraction of sp³-hybridized carbons (Fsp3) is 0.692. The molecule has 0 amide bonds. The second kappa shape index (κ2) is 5.52. The highest BCUT2D eigenvalue weighted by Gasteiger charge is 2.33. The van der Waals surface area contributed by atoms with Crippen LogP contribution in [0.15, 0.2) is 12.3 Å². The SMILES string of the molecule is COc1ccnc(NC2(CN)CCC(C)CC2)n1. The van der Waals surface area contributed by atoms with E-state index in [-0.39, 0.29) is 5.54 Å². The molecular weight excluding hydrogens is 228 g/mol. The first kappa shape index (κ1) is 13.1. The predicted octanol–water partition coefficient (Wildman–Crippen LogP) is 1.80. The Balaban J connectivity index is 2.09. The average molecular weight is 250 g/mol. The van der Waals surface area contributed by atoms with E-state index in [4.69, 9.17) is 10.5 Å². The number of hydrogen-bond acceptors (Lipinski definition) is 5. The van der Waals surface area contributed by atoms with Crippen molar-refractivity contribution >= 4 is 5.95 Å². The summed E-state index contributed by atoms with van der Waals surface area (Å²) in [7, 11) is 1.60. The molecule has 1 aliphatic carbocycles. The van der Waals surface area contributed by atoms with Crippen molar-refractivity contribution in [3.05, 3.63) is 12.3 Å². The van der Waals surface area contributed by atoms with Gasteiger partial charge in [-0.25, -0.2) is 4.98 Å². The Hall–Kier alpha value is -1.36. The highest BCUT2D eigenvalue weighted by molar-refractivity contribution is 5.32. The first-order chi connectivity index (χ1) is 8.67. The van der Waals surface area contributed by atoms with Crippen LogP contribution in [0.4, 0.5) is 5.95 Å². The van der Waals surface area contributed by atoms with E-state index in [1.807, 2.05) is 0 Å². The molecule has 18 heavy (non-hydrogen) atoms. The Labute approximate surface area is 108 Å². The van der Waals surface area contributed by atoms with E-state index in [0.29, 0.717) is 18.4 Å². The fourth-order valence-electron chi connectivity index (χ4n) is 2.45. The van der Waals surface area contributed by atoms with Crippen molar-refractivity contribution in [2.75, 3.05) is 19.0 Å². The third-order valence-electron chi connectivity index (χ3n) is 3.84. The van der Waals surface area contributed by atoms with Crippen molar-refractivity contribution in [3.8, 4) is 5.88 Å². The number of hydrogen-bond donors (Lipinski definition) is 2. The van der Waals surface area contributed by atoms with E-state index >= 15 is 0 Å². The molecule has 1 fully saturated rings. The van der Waals surface area contributed by atoms with Gasteiger partial charge in [0.2, 0.25) is 11.8 Å². The summed E-state index contributed by atoms with van der Waals surface area (Å²) in [6, 6.07) is 1.74. The van der Waals surface area contributed by atoms with Crippen LogP contribution in [-0.2, 0) is 0 Å². The van der Waals surface area contributed by atoms with Crippen LogP contribution >= 0.6 is 0 Å². The Morgan fingerprint density at radius 1 is 1.50 bits per heavy atom. The number of anilines is 1. The first-order valence-electron chi connectivity index (χ1n) is 6.53. The van der Waals surface area contributed by atoms with Crippen LogP contribution in [-0.4, -0.2) is 29.2 Å². The second-order valence-corrected chi connectivity index (χ2v) is 5.21. The van der Waals surface area contributed by atoms with Crippen LogP contribution < -0.4 is 15.8 Å². The zero-order chi connectivity index (χ0) is 13.0. The molecule has 100 valence electrons. The summed E-state index contributed by atoms with van der Waals surface area (Å²) < 4.78 is 5.11. The molecule has 0 radical (unpaired) electrons. The zero-order valence-electron chi connectivity index (χ0n) is 11.1. The van der Waals surface area contributed by atoms with Gasteiger partial charge in [0.25, 0.3) is 0 Å². The molecule has 0 aromatic carbocycles. The maximum Gasteiger partial charge on any atom is 0.226 e. The summed E-state index contributed by atoms with van der Waals surface area (Å²) in [4.78, 5) is 8.53. The summed E-state index contributed by atoms with van der Waals surface area (Å²) in [6.07, 6.45) is 6.25. The minimum atomic E-state index is -0.0567. The molecule has 1 aliphatic rings. The van der Waals surface area contributed by atoms with Crippen LogP contribution in [0, 0.1) is 5.92 Å². The lowest BCUT2D eigenvalue weighted by Gasteiger charge is -2.39. The number of nitrogens with one attached hydrogen (secondary N) is 1. The topological polar surface area (TPSA) is 73.1 Å². The third-order valence-corrected chi connectivity index (χ3v) is 3.84. The van der Waals surface area contributed by atoms with Gasteiger partial charge in [0.1, 0.15) is 0 Å². The van der Waals surface area contributed by atoms with Gasteiger partial charge in [-0.1, -0.05) is 6.92 Å². The lowest BCUT2D eigenvalue weighted by Crippen LogP contribution is -2.48. The minimum Gasteiger partial charge on any atom is -0.481 e. The Morgan fingerprint density at radius 2 is 2.22 bits per heavy atom. The smallest absolute Gasteiger partial charge is 0.226 e. The lowest BCUT2D eigenvalue weighted by atomic mass is 9.77. The molecule has 1 aromatic heterocycles. The van der Waals surface area contributed by atoms with E-state index < -0.39 is 0 Å². The number of ether oxygens (including phenoxy) is 1. The van der Waals surface area contributed by atoms with Gasteiger partial charge >= 0.3 is 0 Å². The Kier molecular flexibility index (Phi) is 4.01. The van der Waals surface area contributed by atoms with Crippen LogP contribution in [0.1, 0.15) is 32.6 Å². The number of nitrogens with two attached hydrogens (primary N) is 1. The van der Waals surface area contributed by atoms with E-state index in [1.165, 1.54) is 12.8 Å². The Morgan fingerprint density at radius 3 is 2.83 bits per heavy atom. The molecule has 0 spiro atoms. The number of aromatic nitrogens is 2. The van der Waals surface area contributed by atoms with Crippen molar-refractivity contribution in [3.63, 3.8) is 0 Å². The minimum absolute atomic E-state index is 0.0567. The van der Waals surface area contributed by atoms with Crippen LogP contribution in [0.25, 0.3) is 0 Å². The molecule has 0 saturated heterocycles. The summed E-state index contributed by atoms with van der Waals surface area (Å²) in [5.74, 6) is 1.97. The van der Waals surface area contributed by atoms with E-state index in [0.717, 1.165) is 18.8 Å². The van der Waals surface area contributed by atoms with Gasteiger partial charge < -0.3 is 15.8 Å². The first-order valence-corrected chi connectivity index (χ1v) is 6.53. The maximum absolute atomic E-state index is 5.95. The monoisotopic (exact) mass is 250 g/mol. The number of rotatable bonds is 4. The van der Waals surface area contributed by atoms with E-state index in [2.05, 4.69) is 22.2 Å².